The number of aliphatic hydroxyl groups excluding tert-OH is 1. The van der Waals surface area contributed by atoms with Gasteiger partial charge in [0.25, 0.3) is 5.78 Å². The molecule has 1 aliphatic heterocycles. The zero-order chi connectivity index (χ0) is 32.8. The van der Waals surface area contributed by atoms with Crippen LogP contribution in [0, 0.1) is 12.8 Å². The van der Waals surface area contributed by atoms with Gasteiger partial charge in [-0.15, -0.1) is 0 Å². The highest BCUT2D eigenvalue weighted by molar-refractivity contribution is 7.17. The number of esters is 1. The van der Waals surface area contributed by atoms with Crippen molar-refractivity contribution < 1.29 is 43.2 Å². The molecule has 0 radical (unpaired) electrons. The van der Waals surface area contributed by atoms with E-state index in [1.165, 1.54) is 26.2 Å². The summed E-state index contributed by atoms with van der Waals surface area (Å²) in [6, 6.07) is 8.65. The lowest BCUT2D eigenvalue weighted by molar-refractivity contribution is -0.132. The number of carbonyl (C=O) groups is 3. The first-order valence-electron chi connectivity index (χ1n) is 14.5. The molecule has 45 heavy (non-hydrogen) atoms. The third-order valence-electron chi connectivity index (χ3n) is 7.07. The first kappa shape index (κ1) is 33.3. The average Bonchev–Trinajstić information content (AvgIpc) is 3.54. The number of ether oxygens (including phenoxy) is 5. The summed E-state index contributed by atoms with van der Waals surface area (Å²) in [4.78, 5) is 46.2. The van der Waals surface area contributed by atoms with Crippen molar-refractivity contribution in [3.63, 3.8) is 0 Å². The summed E-state index contributed by atoms with van der Waals surface area (Å²) in [5, 5.41) is 11.7. The molecule has 240 valence electrons. The van der Waals surface area contributed by atoms with Crippen LogP contribution in [-0.2, 0) is 14.3 Å². The number of aromatic nitrogens is 1. The highest BCUT2D eigenvalue weighted by Gasteiger charge is 2.49. The van der Waals surface area contributed by atoms with Gasteiger partial charge in [-0.1, -0.05) is 38.5 Å². The number of anilines is 1. The van der Waals surface area contributed by atoms with Gasteiger partial charge in [-0.25, -0.2) is 9.78 Å². The Hall–Kier alpha value is -4.58. The zero-order valence-corrected chi connectivity index (χ0v) is 27.3. The molecule has 1 atom stereocenters. The van der Waals surface area contributed by atoms with E-state index in [0.29, 0.717) is 34.9 Å². The van der Waals surface area contributed by atoms with Crippen LogP contribution in [0.3, 0.4) is 0 Å². The lowest BCUT2D eigenvalue weighted by Crippen LogP contribution is -2.29. The summed E-state index contributed by atoms with van der Waals surface area (Å²) >= 11 is 0.928. The highest BCUT2D eigenvalue weighted by atomic mass is 32.1. The first-order chi connectivity index (χ1) is 21.6. The Bertz CT molecular complexity index is 1570. The summed E-state index contributed by atoms with van der Waals surface area (Å²) in [6.45, 7) is 8.29. The van der Waals surface area contributed by atoms with Gasteiger partial charge in [-0.05, 0) is 61.2 Å². The lowest BCUT2D eigenvalue weighted by atomic mass is 9.94. The third kappa shape index (κ3) is 6.90. The molecule has 0 aliphatic carbocycles. The Morgan fingerprint density at radius 1 is 1.04 bits per heavy atom. The fourth-order valence-corrected chi connectivity index (χ4v) is 5.77. The van der Waals surface area contributed by atoms with E-state index in [1.807, 2.05) is 13.8 Å². The van der Waals surface area contributed by atoms with Crippen LogP contribution >= 0.6 is 11.3 Å². The summed E-state index contributed by atoms with van der Waals surface area (Å²) in [5.74, 6) is -1.23. The van der Waals surface area contributed by atoms with Gasteiger partial charge in [0.15, 0.2) is 16.6 Å². The highest BCUT2D eigenvalue weighted by Crippen LogP contribution is 2.48. The Labute approximate surface area is 266 Å². The quantitative estimate of drug-likeness (QED) is 0.0770. The van der Waals surface area contributed by atoms with Crippen molar-refractivity contribution in [1.82, 2.24) is 4.98 Å². The Kier molecular flexibility index (Phi) is 10.7. The van der Waals surface area contributed by atoms with Gasteiger partial charge in [0, 0.05) is 5.56 Å². The SMILES string of the molecule is CCCCOc1ccc(C(O)=C2C(=O)C(=O)N(c3nc(C)c(C(=O)OCC(C)C)s3)C2c2cc(OC)c(OC)c(OC)c2)cc1. The van der Waals surface area contributed by atoms with Crippen LogP contribution in [0.1, 0.15) is 66.1 Å². The number of benzene rings is 2. The normalized spacial score (nSPS) is 15.8. The van der Waals surface area contributed by atoms with Gasteiger partial charge in [0.1, 0.15) is 16.4 Å². The van der Waals surface area contributed by atoms with Crippen LogP contribution in [0.2, 0.25) is 0 Å². The molecule has 1 fully saturated rings. The summed E-state index contributed by atoms with van der Waals surface area (Å²) in [7, 11) is 4.35. The number of aryl methyl sites for hydroxylation is 1. The molecule has 0 bridgehead atoms. The van der Waals surface area contributed by atoms with E-state index >= 15 is 0 Å². The molecule has 2 aromatic carbocycles. The van der Waals surface area contributed by atoms with Crippen LogP contribution in [0.5, 0.6) is 23.0 Å². The van der Waals surface area contributed by atoms with E-state index in [0.717, 1.165) is 24.2 Å². The number of Topliss-reactive ketones (excluding diaryl/α,β-unsaturated/α-hetero) is 1. The van der Waals surface area contributed by atoms with Gasteiger partial charge < -0.3 is 28.8 Å². The topological polar surface area (TPSA) is 134 Å². The standard InChI is InChI=1S/C33H38N2O9S/c1-8-9-14-43-22-12-10-20(11-13-22)27(36)25-26(21-15-23(40-5)29(42-7)24(16-21)41-6)35(31(38)28(25)37)33-34-19(4)30(45-33)32(39)44-17-18(2)3/h10-13,15-16,18,26,36H,8-9,14,17H2,1-7H3. The molecular formula is C33H38N2O9S. The monoisotopic (exact) mass is 638 g/mol. The number of thiazole rings is 1. The van der Waals surface area contributed by atoms with E-state index in [-0.39, 0.29) is 45.4 Å². The molecule has 1 aromatic heterocycles. The first-order valence-corrected chi connectivity index (χ1v) is 15.4. The molecule has 1 N–H and O–H groups in total. The van der Waals surface area contributed by atoms with Crippen molar-refractivity contribution in [3.05, 3.63) is 63.7 Å². The van der Waals surface area contributed by atoms with Gasteiger partial charge in [-0.2, -0.15) is 0 Å². The van der Waals surface area contributed by atoms with Crippen molar-refractivity contribution in [3.8, 4) is 23.0 Å². The van der Waals surface area contributed by atoms with Crippen molar-refractivity contribution in [2.24, 2.45) is 5.92 Å². The third-order valence-corrected chi connectivity index (χ3v) is 8.20. The van der Waals surface area contributed by atoms with E-state index in [9.17, 15) is 19.5 Å². The molecular weight excluding hydrogens is 600 g/mol. The molecule has 1 aliphatic rings. The second-order valence-corrected chi connectivity index (χ2v) is 11.7. The predicted molar refractivity (Wildman–Crippen MR) is 170 cm³/mol. The average molecular weight is 639 g/mol. The molecule has 3 aromatic rings. The number of methoxy groups -OCH3 is 3. The van der Waals surface area contributed by atoms with Gasteiger partial charge in [-0.3, -0.25) is 14.5 Å². The van der Waals surface area contributed by atoms with Crippen LogP contribution < -0.4 is 23.8 Å². The number of nitrogens with zero attached hydrogens (tertiary/aromatic N) is 2. The molecule has 1 unspecified atom stereocenters. The maximum atomic E-state index is 13.7. The maximum Gasteiger partial charge on any atom is 0.350 e. The van der Waals surface area contributed by atoms with E-state index in [1.54, 1.807) is 43.3 Å². The van der Waals surface area contributed by atoms with Gasteiger partial charge in [0.2, 0.25) is 5.75 Å². The van der Waals surface area contributed by atoms with Crippen LogP contribution in [0.25, 0.3) is 5.76 Å². The summed E-state index contributed by atoms with van der Waals surface area (Å²) < 4.78 is 27.7. The predicted octanol–water partition coefficient (Wildman–Crippen LogP) is 6.10. The largest absolute Gasteiger partial charge is 0.507 e. The smallest absolute Gasteiger partial charge is 0.350 e. The number of ketones is 1. The summed E-state index contributed by atoms with van der Waals surface area (Å²) in [6.07, 6.45) is 1.88. The summed E-state index contributed by atoms with van der Waals surface area (Å²) in [5.41, 5.74) is 0.849. The van der Waals surface area contributed by atoms with E-state index in [4.69, 9.17) is 23.7 Å². The molecule has 0 spiro atoms. The molecule has 1 saturated heterocycles. The second kappa shape index (κ2) is 14.5. The Balaban J connectivity index is 1.88. The molecule has 11 nitrogen and oxygen atoms in total. The Morgan fingerprint density at radius 2 is 1.69 bits per heavy atom. The fraction of sp³-hybridized carbons (Fsp3) is 0.394. The second-order valence-electron chi connectivity index (χ2n) is 10.8. The number of aliphatic hydroxyl groups is 1. The fourth-order valence-electron chi connectivity index (χ4n) is 4.79. The number of unbranched alkanes of at least 4 members (excludes halogenated alkanes) is 1. The molecule has 12 heteroatoms. The van der Waals surface area contributed by atoms with Gasteiger partial charge in [0.05, 0.1) is 51.9 Å². The van der Waals surface area contributed by atoms with Crippen molar-refractivity contribution >= 4 is 39.9 Å². The Morgan fingerprint density at radius 3 is 2.24 bits per heavy atom. The van der Waals surface area contributed by atoms with Crippen LogP contribution in [0.4, 0.5) is 5.13 Å². The molecule has 0 saturated carbocycles. The molecule has 4 rings (SSSR count). The van der Waals surface area contributed by atoms with E-state index < -0.39 is 23.7 Å². The van der Waals surface area contributed by atoms with Crippen molar-refractivity contribution in [2.45, 2.75) is 46.6 Å². The number of carbonyl (C=O) groups excluding carboxylic acids is 3. The maximum absolute atomic E-state index is 13.7. The number of amides is 1. The zero-order valence-electron chi connectivity index (χ0n) is 26.5. The number of hydrogen-bond acceptors (Lipinski definition) is 11. The molecule has 1 amide bonds. The van der Waals surface area contributed by atoms with Crippen molar-refractivity contribution in [2.75, 3.05) is 39.4 Å². The minimum Gasteiger partial charge on any atom is -0.507 e. The van der Waals surface area contributed by atoms with Crippen molar-refractivity contribution in [1.29, 1.82) is 0 Å². The van der Waals surface area contributed by atoms with Crippen LogP contribution in [-0.4, -0.2) is 62.3 Å². The lowest BCUT2D eigenvalue weighted by Gasteiger charge is -2.24. The number of rotatable bonds is 13. The number of hydrogen-bond donors (Lipinski definition) is 1. The van der Waals surface area contributed by atoms with Crippen LogP contribution in [0.15, 0.2) is 42.0 Å². The molecule has 2 heterocycles. The van der Waals surface area contributed by atoms with Gasteiger partial charge >= 0.3 is 11.9 Å². The van der Waals surface area contributed by atoms with E-state index in [2.05, 4.69) is 11.9 Å². The minimum absolute atomic E-state index is 0.0866. The minimum atomic E-state index is -1.16.